The quantitative estimate of drug-likeness (QED) is 0.669. The number of amides is 1. The van der Waals surface area contributed by atoms with E-state index >= 15 is 0 Å². The minimum absolute atomic E-state index is 0.139. The molecule has 2 rings (SSSR count). The molecule has 1 amide bonds. The second-order valence-corrected chi connectivity index (χ2v) is 4.89. The molecule has 0 heterocycles. The largest absolute Gasteiger partial charge is 0.316 e. The Bertz CT molecular complexity index is 714. The maximum absolute atomic E-state index is 13.7. The number of benzene rings is 2. The highest BCUT2D eigenvalue weighted by atomic mass is 79.9. The average Bonchev–Trinajstić information content (AvgIpc) is 2.37. The molecule has 108 valence electrons. The molecule has 0 bridgehead atoms. The monoisotopic (exact) mass is 356 g/mol. The molecule has 0 aliphatic carbocycles. The van der Waals surface area contributed by atoms with E-state index < -0.39 is 28.0 Å². The van der Waals surface area contributed by atoms with Crippen molar-refractivity contribution in [2.24, 2.45) is 0 Å². The van der Waals surface area contributed by atoms with E-state index in [1.54, 1.807) is 0 Å². The van der Waals surface area contributed by atoms with E-state index in [1.807, 2.05) is 0 Å². The van der Waals surface area contributed by atoms with Gasteiger partial charge in [-0.25, -0.2) is 8.78 Å². The molecule has 0 fully saturated rings. The molecule has 0 saturated carbocycles. The summed E-state index contributed by atoms with van der Waals surface area (Å²) in [5, 5.41) is 13.0. The lowest BCUT2D eigenvalue weighted by Crippen LogP contribution is -2.16. The van der Waals surface area contributed by atoms with Crippen LogP contribution < -0.4 is 5.32 Å². The Balaban J connectivity index is 2.38. The number of nitrogens with one attached hydrogen (secondary N) is 1. The Kier molecular flexibility index (Phi) is 4.27. The number of nitro benzene ring substituents is 1. The fourth-order valence-electron chi connectivity index (χ4n) is 1.68. The fraction of sp³-hybridized carbons (Fsp3) is 0. The third-order valence-electron chi connectivity index (χ3n) is 2.58. The van der Waals surface area contributed by atoms with Gasteiger partial charge in [-0.1, -0.05) is 28.1 Å². The van der Waals surface area contributed by atoms with Crippen molar-refractivity contribution in [2.45, 2.75) is 0 Å². The van der Waals surface area contributed by atoms with Crippen molar-refractivity contribution >= 4 is 33.2 Å². The summed E-state index contributed by atoms with van der Waals surface area (Å²) in [5.74, 6) is -3.25. The molecule has 8 heteroatoms. The van der Waals surface area contributed by atoms with Gasteiger partial charge in [0.15, 0.2) is 0 Å². The summed E-state index contributed by atoms with van der Waals surface area (Å²) < 4.78 is 27.5. The SMILES string of the molecule is O=C(Nc1ccccc1[N+](=O)[O-])c1c(F)cc(Br)cc1F. The highest BCUT2D eigenvalue weighted by Gasteiger charge is 2.21. The number of carbonyl (C=O) groups excluding carboxylic acids is 1. The smallest absolute Gasteiger partial charge is 0.292 e. The van der Waals surface area contributed by atoms with Crippen LogP contribution >= 0.6 is 15.9 Å². The Morgan fingerprint density at radius 2 is 1.76 bits per heavy atom. The molecule has 0 aliphatic heterocycles. The van der Waals surface area contributed by atoms with Crippen LogP contribution in [0.3, 0.4) is 0 Å². The van der Waals surface area contributed by atoms with Crippen molar-refractivity contribution < 1.29 is 18.5 Å². The maximum Gasteiger partial charge on any atom is 0.292 e. The third kappa shape index (κ3) is 3.22. The van der Waals surface area contributed by atoms with Gasteiger partial charge in [-0.2, -0.15) is 0 Å². The van der Waals surface area contributed by atoms with Gasteiger partial charge >= 0.3 is 0 Å². The first-order valence-corrected chi connectivity index (χ1v) is 6.38. The number of hydrogen-bond donors (Lipinski definition) is 1. The number of nitrogens with zero attached hydrogens (tertiary/aromatic N) is 1. The summed E-state index contributed by atoms with van der Waals surface area (Å²) >= 11 is 2.89. The van der Waals surface area contributed by atoms with E-state index in [4.69, 9.17) is 0 Å². The van der Waals surface area contributed by atoms with Crippen LogP contribution in [0.5, 0.6) is 0 Å². The molecule has 0 aliphatic rings. The molecule has 0 radical (unpaired) electrons. The maximum atomic E-state index is 13.7. The van der Waals surface area contributed by atoms with Gasteiger partial charge in [-0.05, 0) is 18.2 Å². The number of hydrogen-bond acceptors (Lipinski definition) is 3. The number of nitro groups is 1. The van der Waals surface area contributed by atoms with E-state index in [1.165, 1.54) is 24.3 Å². The van der Waals surface area contributed by atoms with Gasteiger partial charge < -0.3 is 5.32 Å². The van der Waals surface area contributed by atoms with Crippen molar-refractivity contribution in [2.75, 3.05) is 5.32 Å². The Morgan fingerprint density at radius 3 is 2.33 bits per heavy atom. The second-order valence-electron chi connectivity index (χ2n) is 3.97. The van der Waals surface area contributed by atoms with Gasteiger partial charge in [0.25, 0.3) is 11.6 Å². The summed E-state index contributed by atoms with van der Waals surface area (Å²) in [6.45, 7) is 0. The van der Waals surface area contributed by atoms with Crippen LogP contribution in [-0.4, -0.2) is 10.8 Å². The molecule has 5 nitrogen and oxygen atoms in total. The van der Waals surface area contributed by atoms with Gasteiger partial charge in [0.05, 0.1) is 4.92 Å². The van der Waals surface area contributed by atoms with Crippen molar-refractivity contribution in [3.63, 3.8) is 0 Å². The first-order valence-electron chi connectivity index (χ1n) is 5.59. The molecular formula is C13H7BrF2N2O3. The van der Waals surface area contributed by atoms with Crippen molar-refractivity contribution in [1.82, 2.24) is 0 Å². The normalized spacial score (nSPS) is 10.2. The summed E-state index contributed by atoms with van der Waals surface area (Å²) in [7, 11) is 0. The molecule has 0 atom stereocenters. The van der Waals surface area contributed by atoms with Gasteiger partial charge in [0.2, 0.25) is 0 Å². The highest BCUT2D eigenvalue weighted by Crippen LogP contribution is 2.25. The lowest BCUT2D eigenvalue weighted by atomic mass is 10.1. The zero-order valence-corrected chi connectivity index (χ0v) is 11.9. The molecule has 1 N–H and O–H groups in total. The predicted octanol–water partition coefficient (Wildman–Crippen LogP) is 3.89. The van der Waals surface area contributed by atoms with E-state index in [-0.39, 0.29) is 15.8 Å². The van der Waals surface area contributed by atoms with Crippen LogP contribution in [0.2, 0.25) is 0 Å². The Hall–Kier alpha value is -2.35. The summed E-state index contributed by atoms with van der Waals surface area (Å²) in [6.07, 6.45) is 0. The highest BCUT2D eigenvalue weighted by molar-refractivity contribution is 9.10. The zero-order chi connectivity index (χ0) is 15.6. The number of carbonyl (C=O) groups is 1. The molecule has 2 aromatic rings. The standard InChI is InChI=1S/C13H7BrF2N2O3/c14-7-5-8(15)12(9(16)6-7)13(19)17-10-3-1-2-4-11(10)18(20)21/h1-6H,(H,17,19). The van der Waals surface area contributed by atoms with Crippen LogP contribution in [-0.2, 0) is 0 Å². The molecule has 0 aromatic heterocycles. The van der Waals surface area contributed by atoms with E-state index in [0.717, 1.165) is 12.1 Å². The minimum atomic E-state index is -1.10. The van der Waals surface area contributed by atoms with E-state index in [0.29, 0.717) is 0 Å². The Morgan fingerprint density at radius 1 is 1.19 bits per heavy atom. The van der Waals surface area contributed by atoms with Crippen LogP contribution in [0.25, 0.3) is 0 Å². The summed E-state index contributed by atoms with van der Waals surface area (Å²) in [4.78, 5) is 22.0. The first kappa shape index (κ1) is 15.0. The van der Waals surface area contributed by atoms with Crippen LogP contribution in [0.1, 0.15) is 10.4 Å². The zero-order valence-electron chi connectivity index (χ0n) is 10.3. The predicted molar refractivity (Wildman–Crippen MR) is 75.1 cm³/mol. The molecule has 0 saturated heterocycles. The van der Waals surface area contributed by atoms with Crippen LogP contribution in [0.4, 0.5) is 20.2 Å². The van der Waals surface area contributed by atoms with E-state index in [2.05, 4.69) is 21.2 Å². The van der Waals surface area contributed by atoms with Crippen molar-refractivity contribution in [3.05, 3.63) is 68.2 Å². The van der Waals surface area contributed by atoms with Crippen LogP contribution in [0.15, 0.2) is 40.9 Å². The fourth-order valence-corrected chi connectivity index (χ4v) is 2.08. The van der Waals surface area contributed by atoms with E-state index in [9.17, 15) is 23.7 Å². The summed E-state index contributed by atoms with van der Waals surface area (Å²) in [5.41, 5.74) is -1.32. The number of para-hydroxylation sites is 2. The van der Waals surface area contributed by atoms with Gasteiger partial charge in [-0.15, -0.1) is 0 Å². The molecule has 0 unspecified atom stereocenters. The lowest BCUT2D eigenvalue weighted by Gasteiger charge is -2.08. The minimum Gasteiger partial charge on any atom is -0.316 e. The molecule has 21 heavy (non-hydrogen) atoms. The van der Waals surface area contributed by atoms with Gasteiger partial charge in [0, 0.05) is 10.5 Å². The second kappa shape index (κ2) is 5.96. The number of halogens is 3. The van der Waals surface area contributed by atoms with Crippen LogP contribution in [0, 0.1) is 21.7 Å². The van der Waals surface area contributed by atoms with Gasteiger partial charge in [0.1, 0.15) is 22.9 Å². The third-order valence-corrected chi connectivity index (χ3v) is 3.04. The number of anilines is 1. The topological polar surface area (TPSA) is 72.2 Å². The Labute approximate surface area is 125 Å². The van der Waals surface area contributed by atoms with Crippen molar-refractivity contribution in [3.8, 4) is 0 Å². The molecule has 0 spiro atoms. The first-order chi connectivity index (χ1) is 9.90. The molecule has 2 aromatic carbocycles. The lowest BCUT2D eigenvalue weighted by molar-refractivity contribution is -0.383. The molecular weight excluding hydrogens is 350 g/mol. The summed E-state index contributed by atoms with van der Waals surface area (Å²) in [6, 6.07) is 7.16. The number of rotatable bonds is 3. The average molecular weight is 357 g/mol. The van der Waals surface area contributed by atoms with Gasteiger partial charge in [-0.3, -0.25) is 14.9 Å². The van der Waals surface area contributed by atoms with Crippen molar-refractivity contribution in [1.29, 1.82) is 0 Å².